The third-order valence-corrected chi connectivity index (χ3v) is 3.54. The number of carboxylic acids is 1. The van der Waals surface area contributed by atoms with E-state index in [1.54, 1.807) is 24.3 Å². The van der Waals surface area contributed by atoms with Crippen LogP contribution in [0.1, 0.15) is 37.7 Å². The molecule has 1 aromatic carbocycles. The Morgan fingerprint density at radius 1 is 1.28 bits per heavy atom. The lowest BCUT2D eigenvalue weighted by molar-refractivity contribution is -0.140. The smallest absolute Gasteiger partial charge is 0.326 e. The van der Waals surface area contributed by atoms with Crippen LogP contribution in [0, 0.1) is 0 Å². The zero-order valence-electron chi connectivity index (χ0n) is 14.5. The van der Waals surface area contributed by atoms with Crippen molar-refractivity contribution in [3.63, 3.8) is 0 Å². The number of carboxylic acid groups (broad SMARTS) is 1. The highest BCUT2D eigenvalue weighted by Gasteiger charge is 2.22. The van der Waals surface area contributed by atoms with E-state index in [4.69, 9.17) is 4.74 Å². The first-order chi connectivity index (χ1) is 11.7. The minimum atomic E-state index is -1.16. The van der Waals surface area contributed by atoms with Gasteiger partial charge in [0.25, 0.3) is 11.5 Å². The number of aromatic nitrogens is 1. The molecular weight excluding hydrogens is 324 g/mol. The maximum atomic E-state index is 12.3. The number of nitrogens with one attached hydrogen (secondary N) is 2. The van der Waals surface area contributed by atoms with Crippen LogP contribution in [0.5, 0.6) is 0 Å². The lowest BCUT2D eigenvalue weighted by atomic mass is 10.1. The van der Waals surface area contributed by atoms with Crippen LogP contribution in [-0.4, -0.2) is 40.2 Å². The van der Waals surface area contributed by atoms with Crippen molar-refractivity contribution in [1.82, 2.24) is 10.3 Å². The summed E-state index contributed by atoms with van der Waals surface area (Å²) < 4.78 is 5.50. The summed E-state index contributed by atoms with van der Waals surface area (Å²) in [5.41, 5.74) is -0.769. The van der Waals surface area contributed by atoms with Crippen LogP contribution in [0.25, 0.3) is 10.8 Å². The van der Waals surface area contributed by atoms with E-state index >= 15 is 0 Å². The Labute approximate surface area is 145 Å². The molecule has 1 aromatic heterocycles. The number of aromatic amines is 1. The molecule has 0 bridgehead atoms. The largest absolute Gasteiger partial charge is 0.480 e. The Kier molecular flexibility index (Phi) is 5.58. The van der Waals surface area contributed by atoms with Crippen molar-refractivity contribution >= 4 is 22.6 Å². The molecule has 1 amide bonds. The number of fused-ring (bicyclic) bond motifs is 1. The number of rotatable bonds is 6. The Balaban J connectivity index is 2.13. The first-order valence-electron chi connectivity index (χ1n) is 7.97. The van der Waals surface area contributed by atoms with Crippen molar-refractivity contribution < 1.29 is 19.4 Å². The zero-order valence-corrected chi connectivity index (χ0v) is 14.5. The van der Waals surface area contributed by atoms with Crippen molar-refractivity contribution in [3.8, 4) is 0 Å². The number of carbonyl (C=O) groups is 2. The van der Waals surface area contributed by atoms with Gasteiger partial charge in [-0.05, 0) is 38.3 Å². The summed E-state index contributed by atoms with van der Waals surface area (Å²) in [6.07, 6.45) is 0.121. The molecular formula is C18H22N2O5. The third kappa shape index (κ3) is 5.15. The molecule has 0 saturated carbocycles. The predicted molar refractivity (Wildman–Crippen MR) is 93.8 cm³/mol. The topological polar surface area (TPSA) is 108 Å². The van der Waals surface area contributed by atoms with Crippen molar-refractivity contribution in [2.24, 2.45) is 0 Å². The maximum absolute atomic E-state index is 12.3. The monoisotopic (exact) mass is 346 g/mol. The van der Waals surface area contributed by atoms with Crippen LogP contribution < -0.4 is 10.9 Å². The van der Waals surface area contributed by atoms with E-state index in [0.717, 1.165) is 0 Å². The molecule has 2 aromatic rings. The van der Waals surface area contributed by atoms with Gasteiger partial charge in [0.05, 0.1) is 5.60 Å². The number of hydrogen-bond donors (Lipinski definition) is 3. The molecule has 2 rings (SSSR count). The molecule has 25 heavy (non-hydrogen) atoms. The van der Waals surface area contributed by atoms with E-state index in [0.29, 0.717) is 10.8 Å². The molecule has 1 heterocycles. The Bertz CT molecular complexity index is 835. The highest BCUT2D eigenvalue weighted by Crippen LogP contribution is 2.11. The second-order valence-corrected chi connectivity index (χ2v) is 6.71. The molecule has 1 atom stereocenters. The molecule has 7 heteroatoms. The average molecular weight is 346 g/mol. The molecule has 0 saturated heterocycles. The van der Waals surface area contributed by atoms with Gasteiger partial charge in [-0.2, -0.15) is 0 Å². The minimum absolute atomic E-state index is 0.0201. The van der Waals surface area contributed by atoms with Crippen LogP contribution in [0.3, 0.4) is 0 Å². The van der Waals surface area contributed by atoms with Crippen molar-refractivity contribution in [2.75, 3.05) is 6.61 Å². The molecule has 0 aliphatic heterocycles. The number of aliphatic carboxylic acids is 1. The van der Waals surface area contributed by atoms with E-state index in [9.17, 15) is 19.5 Å². The van der Waals surface area contributed by atoms with E-state index < -0.39 is 29.1 Å². The van der Waals surface area contributed by atoms with Crippen LogP contribution in [0.4, 0.5) is 0 Å². The first kappa shape index (κ1) is 18.7. The normalized spacial score (nSPS) is 12.8. The van der Waals surface area contributed by atoms with Gasteiger partial charge >= 0.3 is 5.97 Å². The summed E-state index contributed by atoms with van der Waals surface area (Å²) in [5.74, 6) is -1.81. The fourth-order valence-electron chi connectivity index (χ4n) is 2.31. The molecule has 1 unspecified atom stereocenters. The summed E-state index contributed by atoms with van der Waals surface area (Å²) in [6, 6.07) is 7.27. The SMILES string of the molecule is CC(C)(C)OCCC(NC(=O)c1cc2ccccc2c(=O)[nH]1)C(=O)O. The average Bonchev–Trinajstić information content (AvgIpc) is 2.52. The number of H-pyrrole nitrogens is 1. The van der Waals surface area contributed by atoms with Gasteiger partial charge in [0.1, 0.15) is 11.7 Å². The zero-order chi connectivity index (χ0) is 18.6. The van der Waals surface area contributed by atoms with Crippen LogP contribution in [0.2, 0.25) is 0 Å². The molecule has 0 aliphatic carbocycles. The highest BCUT2D eigenvalue weighted by molar-refractivity contribution is 5.98. The quantitative estimate of drug-likeness (QED) is 0.740. The Morgan fingerprint density at radius 2 is 1.96 bits per heavy atom. The van der Waals surface area contributed by atoms with Crippen molar-refractivity contribution in [1.29, 1.82) is 0 Å². The lowest BCUT2D eigenvalue weighted by Gasteiger charge is -2.21. The summed E-state index contributed by atoms with van der Waals surface area (Å²) in [6.45, 7) is 5.78. The number of benzene rings is 1. The van der Waals surface area contributed by atoms with Gasteiger partial charge in [0.2, 0.25) is 0 Å². The second kappa shape index (κ2) is 7.48. The van der Waals surface area contributed by atoms with Gasteiger partial charge in [0.15, 0.2) is 0 Å². The molecule has 134 valence electrons. The van der Waals surface area contributed by atoms with Gasteiger partial charge in [-0.1, -0.05) is 18.2 Å². The van der Waals surface area contributed by atoms with Crippen LogP contribution >= 0.6 is 0 Å². The van der Waals surface area contributed by atoms with Gasteiger partial charge in [-0.25, -0.2) is 4.79 Å². The minimum Gasteiger partial charge on any atom is -0.480 e. The summed E-state index contributed by atoms with van der Waals surface area (Å²) >= 11 is 0. The molecule has 0 radical (unpaired) electrons. The Hall–Kier alpha value is -2.67. The van der Waals surface area contributed by atoms with E-state index in [2.05, 4.69) is 10.3 Å². The maximum Gasteiger partial charge on any atom is 0.326 e. The standard InChI is InChI=1S/C18H22N2O5/c1-18(2,3)25-9-8-13(17(23)24)19-16(22)14-10-11-6-4-5-7-12(11)15(21)20-14/h4-7,10,13H,8-9H2,1-3H3,(H,19,22)(H,20,21)(H,23,24). The fraction of sp³-hybridized carbons (Fsp3) is 0.389. The van der Waals surface area contributed by atoms with Crippen molar-refractivity contribution in [2.45, 2.75) is 38.8 Å². The summed E-state index contributed by atoms with van der Waals surface area (Å²) in [5, 5.41) is 12.8. The third-order valence-electron chi connectivity index (χ3n) is 3.54. The molecule has 0 spiro atoms. The molecule has 7 nitrogen and oxygen atoms in total. The highest BCUT2D eigenvalue weighted by atomic mass is 16.5. The van der Waals surface area contributed by atoms with Gasteiger partial charge < -0.3 is 20.1 Å². The molecule has 0 aliphatic rings. The first-order valence-corrected chi connectivity index (χ1v) is 7.97. The van der Waals surface area contributed by atoms with Crippen LogP contribution in [-0.2, 0) is 9.53 Å². The van der Waals surface area contributed by atoms with E-state index in [-0.39, 0.29) is 18.7 Å². The van der Waals surface area contributed by atoms with E-state index in [1.807, 2.05) is 20.8 Å². The van der Waals surface area contributed by atoms with Crippen LogP contribution in [0.15, 0.2) is 35.1 Å². The summed E-state index contributed by atoms with van der Waals surface area (Å²) in [4.78, 5) is 38.2. The number of ether oxygens (including phenoxy) is 1. The number of amides is 1. The number of hydrogen-bond acceptors (Lipinski definition) is 4. The predicted octanol–water partition coefficient (Wildman–Crippen LogP) is 1.92. The van der Waals surface area contributed by atoms with Gasteiger partial charge in [-0.15, -0.1) is 0 Å². The lowest BCUT2D eigenvalue weighted by Crippen LogP contribution is -2.42. The molecule has 3 N–H and O–H groups in total. The van der Waals surface area contributed by atoms with E-state index in [1.165, 1.54) is 6.07 Å². The number of carbonyl (C=O) groups excluding carboxylic acids is 1. The van der Waals surface area contributed by atoms with Gasteiger partial charge in [-0.3, -0.25) is 9.59 Å². The molecule has 0 fully saturated rings. The second-order valence-electron chi connectivity index (χ2n) is 6.71. The van der Waals surface area contributed by atoms with Crippen molar-refractivity contribution in [3.05, 3.63) is 46.4 Å². The number of pyridine rings is 1. The van der Waals surface area contributed by atoms with Gasteiger partial charge in [0, 0.05) is 18.4 Å². The summed E-state index contributed by atoms with van der Waals surface area (Å²) in [7, 11) is 0. The Morgan fingerprint density at radius 3 is 2.60 bits per heavy atom. The fourth-order valence-corrected chi connectivity index (χ4v) is 2.31.